The van der Waals surface area contributed by atoms with E-state index < -0.39 is 20.0 Å². The smallest absolute Gasteiger partial charge is 0.391 e. The summed E-state index contributed by atoms with van der Waals surface area (Å²) in [6.45, 7) is 4.65. The molecule has 0 spiro atoms. The fraction of sp³-hybridized carbons (Fsp3) is 0.655. The van der Waals surface area contributed by atoms with Gasteiger partial charge in [0.15, 0.2) is 0 Å². The fourth-order valence-corrected chi connectivity index (χ4v) is 7.30. The largest absolute Gasteiger partial charge is 0.472 e. The first-order valence-corrected chi connectivity index (χ1v) is 26.7. The lowest BCUT2D eigenvalue weighted by atomic mass is 10.0. The summed E-state index contributed by atoms with van der Waals surface area (Å²) in [7, 11) is 1.59. The zero-order valence-corrected chi connectivity index (χ0v) is 42.4. The number of phosphoric ester groups is 1. The second-order valence-corrected chi connectivity index (χ2v) is 19.3. The maximum Gasteiger partial charge on any atom is 0.472 e. The molecule has 3 unspecified atom stereocenters. The van der Waals surface area contributed by atoms with E-state index in [1.54, 1.807) is 0 Å². The number of hydrogen-bond acceptors (Lipinski definition) is 5. The van der Waals surface area contributed by atoms with Gasteiger partial charge in [0.05, 0.1) is 39.9 Å². The standard InChI is InChI=1S/C55H95N2O6P/c1-6-8-10-12-13-14-15-16-17-18-19-20-21-22-23-24-25-26-27-28-29-30-31-32-33-34-35-36-37-38-39-40-41-42-43-45-47-49-55(59)56-53(54(58)48-46-44-11-9-7-2)52-63-64(60,61)62-51-50-57(3,4)5/h8,10,13-14,16-17,19-20,22-23,25-26,28-29,31-32,34-35,53-54,58H,6-7,9,11-12,15,18,21,24,27,30,33,36-52H2,1-5H3,(H-,56,59,60,61)/p+1/b10-8-,14-13-,17-16-,20-19-,23-22-,26-25-,29-28-,32-31-,35-34-. The first kappa shape index (κ1) is 61.2. The molecule has 0 aromatic carbocycles. The molecule has 0 saturated heterocycles. The number of quaternary nitrogens is 1. The maximum absolute atomic E-state index is 12.8. The Kier molecular flexibility index (Phi) is 43.3. The lowest BCUT2D eigenvalue weighted by Gasteiger charge is -2.26. The summed E-state index contributed by atoms with van der Waals surface area (Å²) in [5, 5.41) is 13.8. The number of carbonyl (C=O) groups excluding carboxylic acids is 1. The molecule has 3 N–H and O–H groups in total. The normalized spacial score (nSPS) is 15.0. The highest BCUT2D eigenvalue weighted by Gasteiger charge is 2.28. The lowest BCUT2D eigenvalue weighted by Crippen LogP contribution is -2.46. The van der Waals surface area contributed by atoms with E-state index in [1.807, 2.05) is 21.1 Å². The van der Waals surface area contributed by atoms with Crippen LogP contribution in [0.25, 0.3) is 0 Å². The van der Waals surface area contributed by atoms with E-state index in [1.165, 1.54) is 38.5 Å². The molecule has 0 fully saturated rings. The number of rotatable bonds is 44. The van der Waals surface area contributed by atoms with E-state index in [2.05, 4.69) is 129 Å². The molecule has 3 atom stereocenters. The number of hydrogen-bond donors (Lipinski definition) is 3. The minimum Gasteiger partial charge on any atom is -0.391 e. The van der Waals surface area contributed by atoms with Gasteiger partial charge in [0, 0.05) is 6.42 Å². The van der Waals surface area contributed by atoms with Crippen LogP contribution in [0.2, 0.25) is 0 Å². The minimum atomic E-state index is -4.31. The van der Waals surface area contributed by atoms with Gasteiger partial charge >= 0.3 is 7.82 Å². The number of unbranched alkanes of at least 4 members (excludes halogenated alkanes) is 13. The molecule has 0 radical (unpaired) electrons. The van der Waals surface area contributed by atoms with Crippen LogP contribution in [0.1, 0.15) is 181 Å². The van der Waals surface area contributed by atoms with Gasteiger partial charge in [0.1, 0.15) is 13.2 Å². The fourth-order valence-electron chi connectivity index (χ4n) is 6.57. The first-order chi connectivity index (χ1) is 31.0. The van der Waals surface area contributed by atoms with E-state index in [0.29, 0.717) is 23.9 Å². The van der Waals surface area contributed by atoms with Gasteiger partial charge in [-0.2, -0.15) is 0 Å². The topological polar surface area (TPSA) is 105 Å². The number of aliphatic hydroxyl groups excluding tert-OH is 1. The van der Waals surface area contributed by atoms with Crippen molar-refractivity contribution in [2.75, 3.05) is 40.9 Å². The monoisotopic (exact) mass is 912 g/mol. The number of nitrogens with one attached hydrogen (secondary N) is 1. The Bertz CT molecular complexity index is 1400. The Labute approximate surface area is 393 Å². The summed E-state index contributed by atoms with van der Waals surface area (Å²) in [6, 6.07) is -0.767. The Morgan fingerprint density at radius 1 is 0.547 bits per heavy atom. The molecule has 366 valence electrons. The molecule has 0 bridgehead atoms. The highest BCUT2D eigenvalue weighted by atomic mass is 31.2. The van der Waals surface area contributed by atoms with Crippen molar-refractivity contribution < 1.29 is 32.9 Å². The highest BCUT2D eigenvalue weighted by Crippen LogP contribution is 2.43. The zero-order chi connectivity index (χ0) is 47.1. The zero-order valence-electron chi connectivity index (χ0n) is 41.5. The van der Waals surface area contributed by atoms with Gasteiger partial charge in [-0.25, -0.2) is 4.57 Å². The Balaban J connectivity index is 3.95. The Morgan fingerprint density at radius 2 is 0.938 bits per heavy atom. The molecule has 0 aliphatic rings. The van der Waals surface area contributed by atoms with Crippen LogP contribution in [-0.2, 0) is 18.4 Å². The van der Waals surface area contributed by atoms with Crippen molar-refractivity contribution >= 4 is 13.7 Å². The predicted octanol–water partition coefficient (Wildman–Crippen LogP) is 14.9. The number of aliphatic hydroxyl groups is 1. The van der Waals surface area contributed by atoms with Crippen molar-refractivity contribution in [1.82, 2.24) is 5.32 Å². The van der Waals surface area contributed by atoms with Crippen molar-refractivity contribution in [3.63, 3.8) is 0 Å². The Morgan fingerprint density at radius 3 is 1.38 bits per heavy atom. The molecule has 0 rings (SSSR count). The highest BCUT2D eigenvalue weighted by molar-refractivity contribution is 7.47. The van der Waals surface area contributed by atoms with E-state index in [-0.39, 0.29) is 19.1 Å². The minimum absolute atomic E-state index is 0.0672. The van der Waals surface area contributed by atoms with Gasteiger partial charge in [-0.1, -0.05) is 200 Å². The molecule has 0 aliphatic heterocycles. The van der Waals surface area contributed by atoms with Crippen LogP contribution in [0.4, 0.5) is 0 Å². The van der Waals surface area contributed by atoms with Crippen LogP contribution in [-0.4, -0.2) is 73.4 Å². The third kappa shape index (κ3) is 47.1. The van der Waals surface area contributed by atoms with Gasteiger partial charge in [0.25, 0.3) is 0 Å². The van der Waals surface area contributed by atoms with E-state index in [4.69, 9.17) is 9.05 Å². The van der Waals surface area contributed by atoms with Crippen LogP contribution < -0.4 is 5.32 Å². The van der Waals surface area contributed by atoms with Crippen LogP contribution in [0, 0.1) is 0 Å². The lowest BCUT2D eigenvalue weighted by molar-refractivity contribution is -0.870. The molecule has 64 heavy (non-hydrogen) atoms. The third-order valence-electron chi connectivity index (χ3n) is 10.5. The molecular weight excluding hydrogens is 816 g/mol. The van der Waals surface area contributed by atoms with Gasteiger partial charge in [-0.05, 0) is 83.5 Å². The SMILES string of the molecule is CC/C=C\C/C=C\C/C=C\C/C=C\C/C=C\C/C=C\C/C=C\C/C=C\C/C=C\CCCCCCCCCCCC(=O)NC(COP(=O)(O)OCC[N+](C)(C)C)C(O)CCCCCCC. The molecule has 0 aromatic rings. The number of nitrogens with zero attached hydrogens (tertiary/aromatic N) is 1. The summed E-state index contributed by atoms with van der Waals surface area (Å²) >= 11 is 0. The molecule has 9 heteroatoms. The van der Waals surface area contributed by atoms with Gasteiger partial charge < -0.3 is 19.8 Å². The summed E-state index contributed by atoms with van der Waals surface area (Å²) in [5.41, 5.74) is 0. The molecule has 8 nitrogen and oxygen atoms in total. The molecule has 0 saturated carbocycles. The quantitative estimate of drug-likeness (QED) is 0.0243. The molecular formula is C55H96N2O6P+. The van der Waals surface area contributed by atoms with Crippen molar-refractivity contribution in [2.45, 2.75) is 193 Å². The number of carbonyl (C=O) groups is 1. The van der Waals surface area contributed by atoms with Crippen molar-refractivity contribution in [3.8, 4) is 0 Å². The molecule has 1 amide bonds. The van der Waals surface area contributed by atoms with Crippen LogP contribution in [0.5, 0.6) is 0 Å². The first-order valence-electron chi connectivity index (χ1n) is 25.3. The summed E-state index contributed by atoms with van der Waals surface area (Å²) in [4.78, 5) is 23.0. The summed E-state index contributed by atoms with van der Waals surface area (Å²) in [6.07, 6.45) is 66.1. The number of allylic oxidation sites excluding steroid dienone is 18. The molecule has 0 heterocycles. The van der Waals surface area contributed by atoms with Gasteiger partial charge in [-0.15, -0.1) is 0 Å². The number of likely N-dealkylation sites (N-methyl/N-ethyl adjacent to an activating group) is 1. The van der Waals surface area contributed by atoms with Gasteiger partial charge in [-0.3, -0.25) is 13.8 Å². The molecule has 0 aliphatic carbocycles. The second-order valence-electron chi connectivity index (χ2n) is 17.8. The maximum atomic E-state index is 12.8. The van der Waals surface area contributed by atoms with Crippen molar-refractivity contribution in [3.05, 3.63) is 109 Å². The van der Waals surface area contributed by atoms with Crippen LogP contribution >= 0.6 is 7.82 Å². The van der Waals surface area contributed by atoms with E-state index in [0.717, 1.165) is 116 Å². The van der Waals surface area contributed by atoms with Crippen LogP contribution in [0.15, 0.2) is 109 Å². The summed E-state index contributed by atoms with van der Waals surface area (Å²) in [5.74, 6) is -0.164. The van der Waals surface area contributed by atoms with E-state index >= 15 is 0 Å². The Hall–Kier alpha value is -2.84. The average molecular weight is 912 g/mol. The van der Waals surface area contributed by atoms with Crippen molar-refractivity contribution in [1.29, 1.82) is 0 Å². The number of phosphoric acid groups is 1. The third-order valence-corrected chi connectivity index (χ3v) is 11.5. The average Bonchev–Trinajstić information content (AvgIpc) is 3.25. The van der Waals surface area contributed by atoms with E-state index in [9.17, 15) is 19.4 Å². The second kappa shape index (κ2) is 45.3. The van der Waals surface area contributed by atoms with Crippen LogP contribution in [0.3, 0.4) is 0 Å². The van der Waals surface area contributed by atoms with Crippen molar-refractivity contribution in [2.24, 2.45) is 0 Å². The predicted molar refractivity (Wildman–Crippen MR) is 276 cm³/mol. The molecule has 0 aromatic heterocycles. The summed E-state index contributed by atoms with van der Waals surface area (Å²) < 4.78 is 23.4. The van der Waals surface area contributed by atoms with Gasteiger partial charge in [0.2, 0.25) is 5.91 Å². The number of amides is 1.